The highest BCUT2D eigenvalue weighted by Gasteiger charge is 2.27. The molecular weight excluding hydrogens is 476 g/mol. The average Bonchev–Trinajstić information content (AvgIpc) is 3.45. The van der Waals surface area contributed by atoms with Gasteiger partial charge in [0.15, 0.2) is 11.6 Å². The van der Waals surface area contributed by atoms with Gasteiger partial charge in [0.2, 0.25) is 0 Å². The van der Waals surface area contributed by atoms with E-state index < -0.39 is 17.7 Å². The zero-order valence-electron chi connectivity index (χ0n) is 21.4. The Morgan fingerprint density at radius 1 is 1.11 bits per heavy atom. The molecule has 198 valence electrons. The summed E-state index contributed by atoms with van der Waals surface area (Å²) < 4.78 is 32.8. The molecular formula is C28H35F2N5O2. The molecule has 1 unspecified atom stereocenters. The van der Waals surface area contributed by atoms with Crippen molar-refractivity contribution in [2.75, 3.05) is 38.7 Å². The van der Waals surface area contributed by atoms with Crippen LogP contribution in [0.4, 0.5) is 19.4 Å². The molecule has 2 aliphatic rings. The van der Waals surface area contributed by atoms with Gasteiger partial charge in [-0.2, -0.15) is 5.10 Å². The monoisotopic (exact) mass is 511 g/mol. The van der Waals surface area contributed by atoms with Crippen LogP contribution in [-0.4, -0.2) is 54.1 Å². The van der Waals surface area contributed by atoms with Crippen molar-refractivity contribution < 1.29 is 18.3 Å². The van der Waals surface area contributed by atoms with Crippen LogP contribution in [0.15, 0.2) is 48.5 Å². The number of rotatable bonds is 7. The van der Waals surface area contributed by atoms with Crippen molar-refractivity contribution in [1.29, 1.82) is 0 Å². The number of urea groups is 1. The number of halogens is 2. The van der Waals surface area contributed by atoms with E-state index in [2.05, 4.69) is 10.2 Å². The second-order valence-electron chi connectivity index (χ2n) is 9.68. The van der Waals surface area contributed by atoms with Crippen LogP contribution in [0.25, 0.3) is 5.69 Å². The topological polar surface area (TPSA) is 85.4 Å². The van der Waals surface area contributed by atoms with Gasteiger partial charge in [0.1, 0.15) is 5.82 Å². The number of nitrogens with two attached hydrogens (primary N) is 1. The Bertz CT molecular complexity index is 1200. The Morgan fingerprint density at radius 2 is 1.86 bits per heavy atom. The van der Waals surface area contributed by atoms with Crippen molar-refractivity contribution in [2.24, 2.45) is 5.73 Å². The first-order chi connectivity index (χ1) is 17.9. The predicted octanol–water partition coefficient (Wildman–Crippen LogP) is 5.34. The fourth-order valence-corrected chi connectivity index (χ4v) is 4.90. The molecule has 3 aromatic rings. The van der Waals surface area contributed by atoms with E-state index in [1.165, 1.54) is 31.4 Å². The second-order valence-corrected chi connectivity index (χ2v) is 9.68. The van der Waals surface area contributed by atoms with Gasteiger partial charge in [-0.25, -0.2) is 18.3 Å². The Balaban J connectivity index is 0.000000176. The smallest absolute Gasteiger partial charge is 0.317 e. The van der Waals surface area contributed by atoms with Gasteiger partial charge in [-0.1, -0.05) is 30.7 Å². The van der Waals surface area contributed by atoms with Crippen molar-refractivity contribution >= 4 is 11.8 Å². The molecule has 0 spiro atoms. The molecule has 2 aromatic carbocycles. The lowest BCUT2D eigenvalue weighted by Gasteiger charge is -2.23. The molecule has 1 saturated heterocycles. The number of amides is 2. The molecule has 1 aromatic heterocycles. The van der Waals surface area contributed by atoms with Gasteiger partial charge in [-0.05, 0) is 68.5 Å². The zero-order chi connectivity index (χ0) is 26.4. The third-order valence-electron chi connectivity index (χ3n) is 7.19. The molecule has 1 atom stereocenters. The Kier molecular flexibility index (Phi) is 8.89. The van der Waals surface area contributed by atoms with Crippen molar-refractivity contribution in [3.63, 3.8) is 0 Å². The summed E-state index contributed by atoms with van der Waals surface area (Å²) >= 11 is 0. The number of likely N-dealkylation sites (tertiary alicyclic amines) is 1. The highest BCUT2D eigenvalue weighted by Crippen LogP contribution is 2.39. The van der Waals surface area contributed by atoms with Crippen LogP contribution in [-0.2, 0) is 4.74 Å². The van der Waals surface area contributed by atoms with Crippen molar-refractivity contribution in [1.82, 2.24) is 14.7 Å². The van der Waals surface area contributed by atoms with Crippen LogP contribution < -0.4 is 11.1 Å². The number of aromatic nitrogens is 2. The van der Waals surface area contributed by atoms with Crippen LogP contribution in [0.2, 0.25) is 0 Å². The van der Waals surface area contributed by atoms with Gasteiger partial charge in [-0.3, -0.25) is 5.32 Å². The number of primary amides is 1. The minimum Gasteiger partial charge on any atom is -0.383 e. The van der Waals surface area contributed by atoms with E-state index in [9.17, 15) is 13.6 Å². The molecule has 1 aliphatic heterocycles. The number of methoxy groups -OCH3 is 1. The summed E-state index contributed by atoms with van der Waals surface area (Å²) in [7, 11) is 1.68. The third-order valence-corrected chi connectivity index (χ3v) is 7.19. The van der Waals surface area contributed by atoms with E-state index in [1.54, 1.807) is 17.9 Å². The predicted molar refractivity (Wildman–Crippen MR) is 140 cm³/mol. The molecule has 3 N–H and O–H groups in total. The van der Waals surface area contributed by atoms with E-state index in [1.807, 2.05) is 37.3 Å². The number of anilines is 1. The highest BCUT2D eigenvalue weighted by atomic mass is 19.2. The number of hydrogen-bond donors (Lipinski definition) is 2. The van der Waals surface area contributed by atoms with Crippen LogP contribution in [0.3, 0.4) is 0 Å². The number of nitrogens with zero attached hydrogens (tertiary/aromatic N) is 3. The van der Waals surface area contributed by atoms with E-state index >= 15 is 0 Å². The maximum absolute atomic E-state index is 13.1. The maximum atomic E-state index is 13.1. The summed E-state index contributed by atoms with van der Waals surface area (Å²) in [6.45, 7) is 5.49. The summed E-state index contributed by atoms with van der Waals surface area (Å²) in [5.74, 6) is -0.0400. The summed E-state index contributed by atoms with van der Waals surface area (Å²) in [5, 5.41) is 7.40. The van der Waals surface area contributed by atoms with Gasteiger partial charge in [0.25, 0.3) is 0 Å². The fraction of sp³-hybridized carbons (Fsp3) is 0.429. The molecule has 9 heteroatoms. The first-order valence-electron chi connectivity index (χ1n) is 12.7. The standard InChI is InChI=1S/C15H18N4O.C13H17F2NO/c1-10-13(11-6-5-7-11)18-19(14(10)17-15(16)20)12-8-3-2-4-9-12;1-17-7-6-16-5-4-11(9-16)10-2-3-12(14)13(15)8-10/h2-4,8-9,11H,5-7H2,1H3,(H3,16,17,20);2-3,8,11H,4-7,9H2,1H3. The number of carbonyl (C=O) groups is 1. The lowest BCUT2D eigenvalue weighted by atomic mass is 9.82. The Labute approximate surface area is 216 Å². The summed E-state index contributed by atoms with van der Waals surface area (Å²) in [6.07, 6.45) is 4.58. The van der Waals surface area contributed by atoms with Crippen LogP contribution in [0.5, 0.6) is 0 Å². The lowest BCUT2D eigenvalue weighted by Crippen LogP contribution is -2.24. The molecule has 5 rings (SSSR count). The first-order valence-corrected chi connectivity index (χ1v) is 12.7. The molecule has 0 radical (unpaired) electrons. The quantitative estimate of drug-likeness (QED) is 0.449. The number of carbonyl (C=O) groups excluding carboxylic acids is 1. The minimum atomic E-state index is -0.775. The average molecular weight is 512 g/mol. The Hall–Kier alpha value is -3.30. The van der Waals surface area contributed by atoms with Crippen LogP contribution in [0.1, 0.15) is 54.3 Å². The van der Waals surface area contributed by atoms with Crippen LogP contribution >= 0.6 is 0 Å². The molecule has 2 fully saturated rings. The van der Waals surface area contributed by atoms with Gasteiger partial charge in [0, 0.05) is 31.7 Å². The first kappa shape index (κ1) is 26.8. The van der Waals surface area contributed by atoms with Gasteiger partial charge in [-0.15, -0.1) is 0 Å². The van der Waals surface area contributed by atoms with E-state index in [0.717, 1.165) is 48.6 Å². The molecule has 7 nitrogen and oxygen atoms in total. The largest absolute Gasteiger partial charge is 0.383 e. The number of benzene rings is 2. The van der Waals surface area contributed by atoms with Crippen molar-refractivity contribution in [3.8, 4) is 5.69 Å². The minimum absolute atomic E-state index is 0.307. The van der Waals surface area contributed by atoms with E-state index in [-0.39, 0.29) is 0 Å². The SMILES string of the molecule is COCCN1CCC(c2ccc(F)c(F)c2)C1.Cc1c(C2CCC2)nn(-c2ccccc2)c1NC(N)=O. The number of nitrogens with one attached hydrogen (secondary N) is 1. The number of para-hydroxylation sites is 1. The van der Waals surface area contributed by atoms with Gasteiger partial charge >= 0.3 is 6.03 Å². The molecule has 1 saturated carbocycles. The van der Waals surface area contributed by atoms with Crippen molar-refractivity contribution in [2.45, 2.75) is 44.4 Å². The lowest BCUT2D eigenvalue weighted by molar-refractivity contribution is 0.160. The fourth-order valence-electron chi connectivity index (χ4n) is 4.90. The molecule has 2 heterocycles. The third kappa shape index (κ3) is 6.53. The van der Waals surface area contributed by atoms with E-state index in [4.69, 9.17) is 15.6 Å². The summed E-state index contributed by atoms with van der Waals surface area (Å²) in [4.78, 5) is 13.5. The van der Waals surface area contributed by atoms with Gasteiger partial charge in [0.05, 0.1) is 18.0 Å². The normalized spacial score (nSPS) is 17.7. The van der Waals surface area contributed by atoms with Gasteiger partial charge < -0.3 is 15.4 Å². The summed E-state index contributed by atoms with van der Waals surface area (Å²) in [5.41, 5.74) is 9.18. The Morgan fingerprint density at radius 3 is 2.49 bits per heavy atom. The second kappa shape index (κ2) is 12.3. The van der Waals surface area contributed by atoms with E-state index in [0.29, 0.717) is 24.3 Å². The maximum Gasteiger partial charge on any atom is 0.317 e. The zero-order valence-corrected chi connectivity index (χ0v) is 21.4. The number of ether oxygens (including phenoxy) is 1. The summed E-state index contributed by atoms with van der Waals surface area (Å²) in [6, 6.07) is 13.4. The van der Waals surface area contributed by atoms with Crippen LogP contribution in [0, 0.1) is 18.6 Å². The highest BCUT2D eigenvalue weighted by molar-refractivity contribution is 5.88. The molecule has 2 amide bonds. The van der Waals surface area contributed by atoms with Crippen molar-refractivity contribution in [3.05, 3.63) is 77.0 Å². The molecule has 1 aliphatic carbocycles. The molecule has 0 bridgehead atoms. The molecule has 37 heavy (non-hydrogen) atoms. The number of hydrogen-bond acceptors (Lipinski definition) is 4.